The van der Waals surface area contributed by atoms with Crippen LogP contribution >= 0.6 is 0 Å². The molecule has 0 aliphatic rings. The summed E-state index contributed by atoms with van der Waals surface area (Å²) in [5, 5.41) is 4.02. The molecule has 0 saturated heterocycles. The molecule has 3 aromatic carbocycles. The highest BCUT2D eigenvalue weighted by Crippen LogP contribution is 2.20. The molecule has 0 saturated carbocycles. The van der Waals surface area contributed by atoms with Gasteiger partial charge in [0, 0.05) is 12.0 Å². The van der Waals surface area contributed by atoms with Crippen LogP contribution in [0.15, 0.2) is 101 Å². The number of oxime groups is 1. The Labute approximate surface area is 204 Å². The second kappa shape index (κ2) is 12.2. The van der Waals surface area contributed by atoms with Gasteiger partial charge in [-0.05, 0) is 41.8 Å². The first kappa shape index (κ1) is 23.8. The molecule has 4 rings (SSSR count). The molecule has 0 bridgehead atoms. The lowest BCUT2D eigenvalue weighted by atomic mass is 10.1. The number of hydrogen-bond donors (Lipinski definition) is 0. The molecular formula is C28H26N2O5. The van der Waals surface area contributed by atoms with E-state index in [1.54, 1.807) is 6.26 Å². The first-order chi connectivity index (χ1) is 17.2. The molecule has 1 heterocycles. The summed E-state index contributed by atoms with van der Waals surface area (Å²) in [6.07, 6.45) is 2.69. The third-order valence-electron chi connectivity index (χ3n) is 5.20. The zero-order valence-electron chi connectivity index (χ0n) is 19.4. The molecule has 0 unspecified atom stereocenters. The first-order valence-corrected chi connectivity index (χ1v) is 11.2. The Morgan fingerprint density at radius 2 is 1.60 bits per heavy atom. The standard InChI is InChI=1S/C28H26N2O5/c1-32-28(31)26(17-14-21-8-4-2-5-9-21)30-35-18-22-12-15-25(16-13-22)33-19-24-20-34-27(29-24)23-10-6-3-7-11-23/h2-13,15-16,20H,14,17-19H2,1H3/b30-26+. The number of methoxy groups -OCH3 is 1. The summed E-state index contributed by atoms with van der Waals surface area (Å²) in [5.74, 6) is 0.764. The third-order valence-corrected chi connectivity index (χ3v) is 5.20. The van der Waals surface area contributed by atoms with Gasteiger partial charge in [0.25, 0.3) is 0 Å². The van der Waals surface area contributed by atoms with Gasteiger partial charge in [0.15, 0.2) is 5.71 Å². The van der Waals surface area contributed by atoms with E-state index in [-0.39, 0.29) is 12.3 Å². The number of aromatic nitrogens is 1. The van der Waals surface area contributed by atoms with E-state index in [1.807, 2.05) is 84.9 Å². The van der Waals surface area contributed by atoms with Gasteiger partial charge in [0.05, 0.1) is 7.11 Å². The summed E-state index contributed by atoms with van der Waals surface area (Å²) in [4.78, 5) is 21.9. The first-order valence-electron chi connectivity index (χ1n) is 11.2. The Bertz CT molecular complexity index is 1240. The van der Waals surface area contributed by atoms with E-state index in [4.69, 9.17) is 18.7 Å². The van der Waals surface area contributed by atoms with Crippen molar-refractivity contribution in [2.75, 3.05) is 7.11 Å². The van der Waals surface area contributed by atoms with Gasteiger partial charge in [-0.3, -0.25) is 0 Å². The van der Waals surface area contributed by atoms with Crippen LogP contribution in [0.3, 0.4) is 0 Å². The van der Waals surface area contributed by atoms with Crippen molar-refractivity contribution in [2.45, 2.75) is 26.1 Å². The molecule has 0 N–H and O–H groups in total. The Balaban J connectivity index is 1.27. The maximum atomic E-state index is 12.0. The summed E-state index contributed by atoms with van der Waals surface area (Å²) < 4.78 is 16.2. The lowest BCUT2D eigenvalue weighted by molar-refractivity contribution is -0.133. The number of ether oxygens (including phenoxy) is 2. The van der Waals surface area contributed by atoms with Crippen molar-refractivity contribution in [3.8, 4) is 17.2 Å². The molecule has 0 amide bonds. The fourth-order valence-electron chi connectivity index (χ4n) is 3.32. The number of oxazole rings is 1. The van der Waals surface area contributed by atoms with E-state index in [2.05, 4.69) is 10.1 Å². The molecular weight excluding hydrogens is 444 g/mol. The number of carbonyl (C=O) groups excluding carboxylic acids is 1. The smallest absolute Gasteiger partial charge is 0.355 e. The summed E-state index contributed by atoms with van der Waals surface area (Å²) in [6.45, 7) is 0.510. The zero-order valence-corrected chi connectivity index (χ0v) is 19.4. The Hall–Kier alpha value is -4.39. The van der Waals surface area contributed by atoms with E-state index >= 15 is 0 Å². The number of nitrogens with zero attached hydrogens (tertiary/aromatic N) is 2. The van der Waals surface area contributed by atoms with Crippen molar-refractivity contribution in [1.82, 2.24) is 4.98 Å². The van der Waals surface area contributed by atoms with Crippen molar-refractivity contribution < 1.29 is 23.5 Å². The number of aryl methyl sites for hydroxylation is 1. The summed E-state index contributed by atoms with van der Waals surface area (Å²) >= 11 is 0. The van der Waals surface area contributed by atoms with Crippen molar-refractivity contribution in [1.29, 1.82) is 0 Å². The van der Waals surface area contributed by atoms with Gasteiger partial charge in [-0.25, -0.2) is 9.78 Å². The van der Waals surface area contributed by atoms with Crippen LogP contribution in [0.4, 0.5) is 0 Å². The van der Waals surface area contributed by atoms with Crippen LogP contribution in [-0.2, 0) is 34.0 Å². The molecule has 35 heavy (non-hydrogen) atoms. The van der Waals surface area contributed by atoms with Gasteiger partial charge in [-0.2, -0.15) is 0 Å². The summed E-state index contributed by atoms with van der Waals surface area (Å²) in [5.41, 5.74) is 3.87. The molecule has 7 heteroatoms. The van der Waals surface area contributed by atoms with Crippen LogP contribution < -0.4 is 4.74 Å². The van der Waals surface area contributed by atoms with Crippen molar-refractivity contribution >= 4 is 11.7 Å². The number of benzene rings is 3. The molecule has 178 valence electrons. The second-order valence-corrected chi connectivity index (χ2v) is 7.73. The van der Waals surface area contributed by atoms with Crippen LogP contribution in [0, 0.1) is 0 Å². The number of carbonyl (C=O) groups is 1. The van der Waals surface area contributed by atoms with E-state index in [1.165, 1.54) is 7.11 Å². The fraction of sp³-hybridized carbons (Fsp3) is 0.179. The molecule has 0 aliphatic heterocycles. The van der Waals surface area contributed by atoms with Gasteiger partial charge in [0.2, 0.25) is 5.89 Å². The minimum atomic E-state index is -0.493. The SMILES string of the molecule is COC(=O)/C(CCc1ccccc1)=N/OCc1ccc(OCc2coc(-c3ccccc3)n2)cc1. The predicted octanol–water partition coefficient (Wildman–Crippen LogP) is 5.60. The number of esters is 1. The van der Waals surface area contributed by atoms with E-state index in [0.29, 0.717) is 36.8 Å². The molecule has 0 aliphatic carbocycles. The molecule has 1 aromatic heterocycles. The molecule has 4 aromatic rings. The van der Waals surface area contributed by atoms with Crippen LogP contribution in [0.2, 0.25) is 0 Å². The third kappa shape index (κ3) is 7.04. The maximum Gasteiger partial charge on any atom is 0.355 e. The largest absolute Gasteiger partial charge is 0.487 e. The lowest BCUT2D eigenvalue weighted by Crippen LogP contribution is -2.17. The lowest BCUT2D eigenvalue weighted by Gasteiger charge is -2.07. The molecule has 0 atom stereocenters. The highest BCUT2D eigenvalue weighted by molar-refractivity contribution is 6.36. The molecule has 7 nitrogen and oxygen atoms in total. The highest BCUT2D eigenvalue weighted by Gasteiger charge is 2.13. The Morgan fingerprint density at radius 1 is 0.886 bits per heavy atom. The monoisotopic (exact) mass is 470 g/mol. The molecule has 0 spiro atoms. The van der Waals surface area contributed by atoms with Crippen LogP contribution in [0.1, 0.15) is 23.2 Å². The van der Waals surface area contributed by atoms with E-state index in [0.717, 1.165) is 16.7 Å². The molecule has 0 fully saturated rings. The quantitative estimate of drug-likeness (QED) is 0.161. The highest BCUT2D eigenvalue weighted by atomic mass is 16.6. The van der Waals surface area contributed by atoms with Gasteiger partial charge >= 0.3 is 5.97 Å². The Morgan fingerprint density at radius 3 is 2.31 bits per heavy atom. The summed E-state index contributed by atoms with van der Waals surface area (Å²) in [7, 11) is 1.33. The maximum absolute atomic E-state index is 12.0. The minimum Gasteiger partial charge on any atom is -0.487 e. The fourth-order valence-corrected chi connectivity index (χ4v) is 3.32. The second-order valence-electron chi connectivity index (χ2n) is 7.73. The van der Waals surface area contributed by atoms with E-state index < -0.39 is 5.97 Å². The van der Waals surface area contributed by atoms with Crippen molar-refractivity contribution in [3.05, 3.63) is 108 Å². The van der Waals surface area contributed by atoms with E-state index in [9.17, 15) is 4.79 Å². The van der Waals surface area contributed by atoms with Crippen LogP contribution in [0.25, 0.3) is 11.5 Å². The van der Waals surface area contributed by atoms with Gasteiger partial charge in [-0.15, -0.1) is 0 Å². The van der Waals surface area contributed by atoms with Crippen LogP contribution in [0.5, 0.6) is 5.75 Å². The minimum absolute atomic E-state index is 0.218. The van der Waals surface area contributed by atoms with Gasteiger partial charge in [-0.1, -0.05) is 65.8 Å². The number of hydrogen-bond acceptors (Lipinski definition) is 7. The average Bonchev–Trinajstić information content (AvgIpc) is 3.40. The number of rotatable bonds is 11. The summed E-state index contributed by atoms with van der Waals surface area (Å²) in [6, 6.07) is 27.0. The van der Waals surface area contributed by atoms with Gasteiger partial charge < -0.3 is 18.7 Å². The average molecular weight is 471 g/mol. The zero-order chi connectivity index (χ0) is 24.3. The van der Waals surface area contributed by atoms with Crippen molar-refractivity contribution in [2.24, 2.45) is 5.16 Å². The Kier molecular flexibility index (Phi) is 8.27. The van der Waals surface area contributed by atoms with Crippen molar-refractivity contribution in [3.63, 3.8) is 0 Å². The topological polar surface area (TPSA) is 83.2 Å². The van der Waals surface area contributed by atoms with Crippen LogP contribution in [-0.4, -0.2) is 23.8 Å². The normalized spacial score (nSPS) is 11.2. The predicted molar refractivity (Wildman–Crippen MR) is 132 cm³/mol. The van der Waals surface area contributed by atoms with Gasteiger partial charge in [0.1, 0.15) is 30.9 Å². The molecule has 0 radical (unpaired) electrons.